The average molecular weight is 658 g/mol. The van der Waals surface area contributed by atoms with Gasteiger partial charge >= 0.3 is 17.9 Å². The smallest absolute Gasteiger partial charge is 0.350 e. The summed E-state index contributed by atoms with van der Waals surface area (Å²) in [5.41, 5.74) is 6.58. The summed E-state index contributed by atoms with van der Waals surface area (Å²) in [6.45, 7) is 7.19. The summed E-state index contributed by atoms with van der Waals surface area (Å²) in [7, 11) is 0. The molecule has 0 spiro atoms. The van der Waals surface area contributed by atoms with Gasteiger partial charge in [0, 0.05) is 37.8 Å². The first-order valence-corrected chi connectivity index (χ1v) is 15.4. The predicted octanol–water partition coefficient (Wildman–Crippen LogP) is 1.61. The summed E-state index contributed by atoms with van der Waals surface area (Å²) in [6.07, 6.45) is -1.84. The number of thiazole rings is 1. The molecule has 0 aromatic carbocycles. The van der Waals surface area contributed by atoms with Crippen molar-refractivity contribution >= 4 is 80.9 Å². The zero-order chi connectivity index (χ0) is 31.8. The van der Waals surface area contributed by atoms with Crippen molar-refractivity contribution < 1.29 is 47.8 Å². The van der Waals surface area contributed by atoms with Gasteiger partial charge in [0.15, 0.2) is 10.8 Å². The molecule has 43 heavy (non-hydrogen) atoms. The highest BCUT2D eigenvalue weighted by Gasteiger charge is 2.53. The minimum Gasteiger partial charge on any atom is -0.442 e. The molecule has 0 saturated carbocycles. The van der Waals surface area contributed by atoms with E-state index in [1.807, 2.05) is 0 Å². The van der Waals surface area contributed by atoms with E-state index in [1.54, 1.807) is 20.8 Å². The predicted molar refractivity (Wildman–Crippen MR) is 158 cm³/mol. The number of anilines is 1. The topological polar surface area (TPSA) is 198 Å². The molecule has 3 rings (SSSR count). The van der Waals surface area contributed by atoms with Crippen LogP contribution in [-0.2, 0) is 47.8 Å². The molecule has 1 saturated heterocycles. The monoisotopic (exact) mass is 657 g/mol. The van der Waals surface area contributed by atoms with Gasteiger partial charge in [-0.25, -0.2) is 9.78 Å². The number of carbonyl (C=O) groups excluding carboxylic acids is 5. The van der Waals surface area contributed by atoms with Gasteiger partial charge in [-0.3, -0.25) is 24.1 Å². The number of ether oxygens (including phenoxy) is 4. The van der Waals surface area contributed by atoms with Crippen molar-refractivity contribution in [3.05, 3.63) is 22.3 Å². The fourth-order valence-corrected chi connectivity index (χ4v) is 5.98. The first-order valence-electron chi connectivity index (χ1n) is 13.0. The Balaban J connectivity index is 1.67. The molecule has 2 aliphatic heterocycles. The number of β-lactam (4-membered cyclic amide) rings is 1. The molecule has 2 amide bonds. The molecule has 1 fully saturated rings. The maximum absolute atomic E-state index is 13.3. The number of carbonyl (C=O) groups is 5. The van der Waals surface area contributed by atoms with Crippen LogP contribution in [0.3, 0.4) is 0 Å². The number of fused-ring (bicyclic) bond motifs is 1. The molecule has 3 N–H and O–H groups in total. The van der Waals surface area contributed by atoms with Gasteiger partial charge < -0.3 is 34.8 Å². The van der Waals surface area contributed by atoms with Crippen LogP contribution in [-0.4, -0.2) is 86.7 Å². The largest absolute Gasteiger partial charge is 0.442 e. The van der Waals surface area contributed by atoms with Gasteiger partial charge in [0.25, 0.3) is 11.8 Å². The normalized spacial score (nSPS) is 19.3. The minimum atomic E-state index is -1.15. The van der Waals surface area contributed by atoms with Gasteiger partial charge in [0.2, 0.25) is 24.2 Å². The molecular weight excluding hydrogens is 627 g/mol. The first-order chi connectivity index (χ1) is 20.4. The second-order valence-corrected chi connectivity index (χ2v) is 11.4. The number of aromatic nitrogens is 1. The summed E-state index contributed by atoms with van der Waals surface area (Å²) < 4.78 is 20.5. The Kier molecular flexibility index (Phi) is 11.8. The Morgan fingerprint density at radius 3 is 2.30 bits per heavy atom. The molecule has 15 nitrogen and oxygen atoms in total. The fraction of sp³-hybridized carbons (Fsp3) is 0.520. The van der Waals surface area contributed by atoms with E-state index in [0.29, 0.717) is 11.4 Å². The van der Waals surface area contributed by atoms with Crippen molar-refractivity contribution in [1.29, 1.82) is 0 Å². The zero-order valence-electron chi connectivity index (χ0n) is 23.9. The lowest BCUT2D eigenvalue weighted by Crippen LogP contribution is -2.71. The number of thiocarbonyl (C=S) groups is 1. The van der Waals surface area contributed by atoms with Gasteiger partial charge in [0.1, 0.15) is 17.1 Å². The first kappa shape index (κ1) is 33.7. The highest BCUT2D eigenvalue weighted by molar-refractivity contribution is 8.00. The quantitative estimate of drug-likeness (QED) is 0.0774. The van der Waals surface area contributed by atoms with Crippen molar-refractivity contribution in [1.82, 2.24) is 15.2 Å². The maximum atomic E-state index is 13.3. The van der Waals surface area contributed by atoms with Crippen LogP contribution in [0.15, 0.2) is 21.8 Å². The molecule has 0 bridgehead atoms. The standard InChI is InChI=1S/C25H31N5O10S3/c1-6-15(31)37-12(4)39-17(33)8-36-29-18(14-10-43-25(26)27-14)21(34)28-19-22(35)30-20(11(3)9-42-23(19)30)24(41)40-13(5)38-16(32)7-2/h10,12-13,19,23H,6-9H2,1-5H3,(H2,26,27)(H,28,34)/t12?,13?,19?,23-/m1/s1. The van der Waals surface area contributed by atoms with Crippen molar-refractivity contribution in [2.45, 2.75) is 71.5 Å². The van der Waals surface area contributed by atoms with E-state index in [1.165, 1.54) is 35.9 Å². The number of nitrogens with two attached hydrogens (primary N) is 1. The van der Waals surface area contributed by atoms with Crippen molar-refractivity contribution in [3.63, 3.8) is 0 Å². The number of nitrogens with zero attached hydrogens (tertiary/aromatic N) is 3. The molecule has 3 unspecified atom stereocenters. The average Bonchev–Trinajstić information content (AvgIpc) is 3.38. The van der Waals surface area contributed by atoms with Crippen molar-refractivity contribution in [3.8, 4) is 0 Å². The number of hydrogen-bond donors (Lipinski definition) is 2. The number of thioether (sulfide) groups is 1. The molecule has 3 heterocycles. The summed E-state index contributed by atoms with van der Waals surface area (Å²) in [5, 5.41) is 7.45. The maximum Gasteiger partial charge on any atom is 0.350 e. The number of hydrogen-bond acceptors (Lipinski definition) is 16. The Morgan fingerprint density at radius 1 is 1.12 bits per heavy atom. The molecule has 234 valence electrons. The SMILES string of the molecule is CCC(=O)OC(C)OC(=O)CON=C(C(=O)NC1C(=O)N2C(C(=S)OC(C)OC(=O)CC)=C(C)CS[C@H]12)c1csc(N)n1. The third-order valence-corrected chi connectivity index (χ3v) is 8.09. The number of nitrogens with one attached hydrogen (secondary N) is 1. The van der Waals surface area contributed by atoms with E-state index < -0.39 is 60.3 Å². The van der Waals surface area contributed by atoms with Crippen LogP contribution in [0.2, 0.25) is 0 Å². The molecule has 1 aromatic rings. The number of amides is 2. The highest BCUT2D eigenvalue weighted by atomic mass is 32.2. The third kappa shape index (κ3) is 8.64. The summed E-state index contributed by atoms with van der Waals surface area (Å²) in [6, 6.07) is -0.959. The van der Waals surface area contributed by atoms with Gasteiger partial charge in [-0.15, -0.1) is 23.1 Å². The van der Waals surface area contributed by atoms with E-state index >= 15 is 0 Å². The van der Waals surface area contributed by atoms with Crippen LogP contribution in [0.5, 0.6) is 0 Å². The Hall–Kier alpha value is -3.77. The number of rotatable bonds is 13. The van der Waals surface area contributed by atoms with Gasteiger partial charge in [-0.2, -0.15) is 0 Å². The lowest BCUT2D eigenvalue weighted by atomic mass is 10.0. The lowest BCUT2D eigenvalue weighted by molar-refractivity contribution is -0.187. The third-order valence-electron chi connectivity index (χ3n) is 5.70. The molecule has 0 radical (unpaired) electrons. The van der Waals surface area contributed by atoms with E-state index in [9.17, 15) is 24.0 Å². The van der Waals surface area contributed by atoms with E-state index in [2.05, 4.69) is 15.5 Å². The Morgan fingerprint density at radius 2 is 1.72 bits per heavy atom. The van der Waals surface area contributed by atoms with Crippen LogP contribution < -0.4 is 11.1 Å². The van der Waals surface area contributed by atoms with Crippen LogP contribution >= 0.6 is 35.3 Å². The van der Waals surface area contributed by atoms with Crippen molar-refractivity contribution in [2.24, 2.45) is 5.16 Å². The van der Waals surface area contributed by atoms with Crippen LogP contribution in [0.4, 0.5) is 5.13 Å². The second kappa shape index (κ2) is 15.1. The van der Waals surface area contributed by atoms with Gasteiger partial charge in [0.05, 0.1) is 5.70 Å². The van der Waals surface area contributed by atoms with Crippen LogP contribution in [0.25, 0.3) is 0 Å². The van der Waals surface area contributed by atoms with E-state index in [4.69, 9.17) is 41.7 Å². The number of nitrogen functional groups attached to an aromatic ring is 1. The van der Waals surface area contributed by atoms with E-state index in [0.717, 1.165) is 16.9 Å². The fourth-order valence-electron chi connectivity index (χ4n) is 3.73. The van der Waals surface area contributed by atoms with Gasteiger partial charge in [-0.1, -0.05) is 19.0 Å². The molecule has 2 aliphatic rings. The summed E-state index contributed by atoms with van der Waals surface area (Å²) >= 11 is 7.86. The van der Waals surface area contributed by atoms with Crippen LogP contribution in [0, 0.1) is 0 Å². The second-order valence-electron chi connectivity index (χ2n) is 8.99. The van der Waals surface area contributed by atoms with Crippen LogP contribution in [0.1, 0.15) is 53.2 Å². The Bertz CT molecular complexity index is 1350. The molecule has 4 atom stereocenters. The number of oxime groups is 1. The minimum absolute atomic E-state index is 0.0170. The molecule has 0 aliphatic carbocycles. The van der Waals surface area contributed by atoms with E-state index in [-0.39, 0.29) is 34.4 Å². The summed E-state index contributed by atoms with van der Waals surface area (Å²) in [4.78, 5) is 72.0. The zero-order valence-corrected chi connectivity index (χ0v) is 26.4. The Labute approximate surface area is 260 Å². The molecular formula is C25H31N5O10S3. The number of esters is 3. The van der Waals surface area contributed by atoms with Gasteiger partial charge in [-0.05, 0) is 24.7 Å². The lowest BCUT2D eigenvalue weighted by Gasteiger charge is -2.50. The molecule has 18 heteroatoms. The van der Waals surface area contributed by atoms with Crippen molar-refractivity contribution in [2.75, 3.05) is 18.1 Å². The summed E-state index contributed by atoms with van der Waals surface area (Å²) in [5.74, 6) is -2.71. The molecule has 1 aromatic heterocycles. The highest BCUT2D eigenvalue weighted by Crippen LogP contribution is 2.41.